The molecule has 0 bridgehead atoms. The average molecular weight is 225 g/mol. The van der Waals surface area contributed by atoms with Crippen LogP contribution in [0.4, 0.5) is 0 Å². The molecule has 5 heteroatoms. The van der Waals surface area contributed by atoms with Crippen molar-refractivity contribution in [1.29, 1.82) is 0 Å². The molecule has 1 saturated heterocycles. The van der Waals surface area contributed by atoms with Gasteiger partial charge in [0, 0.05) is 32.1 Å². The molecule has 1 fully saturated rings. The number of aromatic nitrogens is 2. The fourth-order valence-electron chi connectivity index (χ4n) is 1.85. The van der Waals surface area contributed by atoms with Crippen LogP contribution >= 0.6 is 0 Å². The SMILES string of the molecule is CCNCCc1nnc(C2CCOCC2)o1. The van der Waals surface area contributed by atoms with Gasteiger partial charge in [0.1, 0.15) is 0 Å². The van der Waals surface area contributed by atoms with Gasteiger partial charge in [0.2, 0.25) is 11.8 Å². The van der Waals surface area contributed by atoms with Crippen LogP contribution in [0.5, 0.6) is 0 Å². The molecule has 0 aliphatic carbocycles. The van der Waals surface area contributed by atoms with Gasteiger partial charge in [0.05, 0.1) is 0 Å². The summed E-state index contributed by atoms with van der Waals surface area (Å²) in [6.45, 7) is 5.56. The zero-order valence-corrected chi connectivity index (χ0v) is 9.74. The summed E-state index contributed by atoms with van der Waals surface area (Å²) >= 11 is 0. The lowest BCUT2D eigenvalue weighted by Crippen LogP contribution is -2.16. The topological polar surface area (TPSA) is 60.2 Å². The van der Waals surface area contributed by atoms with Crippen LogP contribution in [0.2, 0.25) is 0 Å². The molecule has 0 saturated carbocycles. The minimum absolute atomic E-state index is 0.397. The molecule has 1 aliphatic rings. The Bertz CT molecular complexity index is 308. The van der Waals surface area contributed by atoms with E-state index >= 15 is 0 Å². The third kappa shape index (κ3) is 3.02. The van der Waals surface area contributed by atoms with Crippen molar-refractivity contribution in [2.24, 2.45) is 0 Å². The van der Waals surface area contributed by atoms with Crippen LogP contribution in [0.15, 0.2) is 4.42 Å². The van der Waals surface area contributed by atoms with Gasteiger partial charge in [-0.25, -0.2) is 0 Å². The van der Waals surface area contributed by atoms with Crippen molar-refractivity contribution in [1.82, 2.24) is 15.5 Å². The third-order valence-corrected chi connectivity index (χ3v) is 2.82. The first-order valence-electron chi connectivity index (χ1n) is 6.01. The molecule has 0 radical (unpaired) electrons. The minimum atomic E-state index is 0.397. The van der Waals surface area contributed by atoms with Gasteiger partial charge in [-0.2, -0.15) is 0 Å². The van der Waals surface area contributed by atoms with Crippen molar-refractivity contribution in [3.05, 3.63) is 11.8 Å². The van der Waals surface area contributed by atoms with E-state index in [1.54, 1.807) is 0 Å². The number of rotatable bonds is 5. The Morgan fingerprint density at radius 2 is 2.12 bits per heavy atom. The highest BCUT2D eigenvalue weighted by molar-refractivity contribution is 4.93. The summed E-state index contributed by atoms with van der Waals surface area (Å²) in [6.07, 6.45) is 2.80. The molecule has 1 aromatic rings. The number of hydrogen-bond acceptors (Lipinski definition) is 5. The van der Waals surface area contributed by atoms with Gasteiger partial charge in [-0.05, 0) is 19.4 Å². The molecule has 1 N–H and O–H groups in total. The maximum absolute atomic E-state index is 5.65. The summed E-state index contributed by atoms with van der Waals surface area (Å²) in [5, 5.41) is 11.4. The Kier molecular flexibility index (Phi) is 4.30. The maximum atomic E-state index is 5.65. The van der Waals surface area contributed by atoms with E-state index in [2.05, 4.69) is 22.4 Å². The fourth-order valence-corrected chi connectivity index (χ4v) is 1.85. The van der Waals surface area contributed by atoms with E-state index in [1.807, 2.05) is 0 Å². The number of likely N-dealkylation sites (N-methyl/N-ethyl adjacent to an activating group) is 1. The Morgan fingerprint density at radius 3 is 2.88 bits per heavy atom. The van der Waals surface area contributed by atoms with Crippen LogP contribution in [0, 0.1) is 0 Å². The molecule has 16 heavy (non-hydrogen) atoms. The highest BCUT2D eigenvalue weighted by atomic mass is 16.5. The molecule has 0 spiro atoms. The second kappa shape index (κ2) is 5.96. The average Bonchev–Trinajstić information content (AvgIpc) is 2.79. The zero-order chi connectivity index (χ0) is 11.2. The van der Waals surface area contributed by atoms with Crippen LogP contribution in [0.25, 0.3) is 0 Å². The second-order valence-corrected chi connectivity index (χ2v) is 4.02. The lowest BCUT2D eigenvalue weighted by atomic mass is 10.0. The predicted octanol–water partition coefficient (Wildman–Crippen LogP) is 1.12. The zero-order valence-electron chi connectivity index (χ0n) is 9.74. The summed E-state index contributed by atoms with van der Waals surface area (Å²) in [5.41, 5.74) is 0. The summed E-state index contributed by atoms with van der Waals surface area (Å²) in [4.78, 5) is 0. The molecule has 5 nitrogen and oxygen atoms in total. The van der Waals surface area contributed by atoms with E-state index in [1.165, 1.54) is 0 Å². The number of ether oxygens (including phenoxy) is 1. The Labute approximate surface area is 95.6 Å². The smallest absolute Gasteiger partial charge is 0.219 e. The van der Waals surface area contributed by atoms with Gasteiger partial charge in [0.15, 0.2) is 0 Å². The van der Waals surface area contributed by atoms with Crippen LogP contribution in [-0.4, -0.2) is 36.5 Å². The lowest BCUT2D eigenvalue weighted by Gasteiger charge is -2.18. The van der Waals surface area contributed by atoms with Crippen LogP contribution < -0.4 is 5.32 Å². The molecule has 0 amide bonds. The summed E-state index contributed by atoms with van der Waals surface area (Å²) in [7, 11) is 0. The Balaban J connectivity index is 1.85. The first-order valence-corrected chi connectivity index (χ1v) is 6.01. The van der Waals surface area contributed by atoms with Gasteiger partial charge >= 0.3 is 0 Å². The van der Waals surface area contributed by atoms with Crippen molar-refractivity contribution < 1.29 is 9.15 Å². The monoisotopic (exact) mass is 225 g/mol. The molecule has 1 aliphatic heterocycles. The van der Waals surface area contributed by atoms with Gasteiger partial charge < -0.3 is 14.5 Å². The van der Waals surface area contributed by atoms with Gasteiger partial charge in [-0.3, -0.25) is 0 Å². The standard InChI is InChI=1S/C11H19N3O2/c1-2-12-6-3-10-13-14-11(16-10)9-4-7-15-8-5-9/h9,12H,2-8H2,1H3. The molecule has 2 heterocycles. The number of hydrogen-bond donors (Lipinski definition) is 1. The van der Waals surface area contributed by atoms with E-state index in [4.69, 9.17) is 9.15 Å². The molecular formula is C11H19N3O2. The summed E-state index contributed by atoms with van der Waals surface area (Å²) in [6, 6.07) is 0. The number of nitrogens with zero attached hydrogens (tertiary/aromatic N) is 2. The molecule has 0 atom stereocenters. The van der Waals surface area contributed by atoms with E-state index in [9.17, 15) is 0 Å². The van der Waals surface area contributed by atoms with Crippen molar-refractivity contribution in [2.45, 2.75) is 32.1 Å². The Morgan fingerprint density at radius 1 is 1.31 bits per heavy atom. The quantitative estimate of drug-likeness (QED) is 0.761. The molecule has 0 aromatic carbocycles. The van der Waals surface area contributed by atoms with Crippen LogP contribution in [-0.2, 0) is 11.2 Å². The summed E-state index contributed by atoms with van der Waals surface area (Å²) in [5.74, 6) is 1.92. The van der Waals surface area contributed by atoms with E-state index in [-0.39, 0.29) is 0 Å². The van der Waals surface area contributed by atoms with Gasteiger partial charge in [-0.1, -0.05) is 6.92 Å². The molecule has 1 aromatic heterocycles. The molecule has 90 valence electrons. The molecule has 0 unspecified atom stereocenters. The van der Waals surface area contributed by atoms with E-state index in [0.29, 0.717) is 5.92 Å². The highest BCUT2D eigenvalue weighted by Crippen LogP contribution is 2.25. The predicted molar refractivity (Wildman–Crippen MR) is 59.3 cm³/mol. The lowest BCUT2D eigenvalue weighted by molar-refractivity contribution is 0.0791. The first kappa shape index (κ1) is 11.5. The van der Waals surface area contributed by atoms with Gasteiger partial charge in [-0.15, -0.1) is 10.2 Å². The van der Waals surface area contributed by atoms with Crippen LogP contribution in [0.3, 0.4) is 0 Å². The Hall–Kier alpha value is -0.940. The summed E-state index contributed by atoms with van der Waals surface area (Å²) < 4.78 is 11.0. The van der Waals surface area contributed by atoms with Gasteiger partial charge in [0.25, 0.3) is 0 Å². The number of nitrogens with one attached hydrogen (secondary N) is 1. The fraction of sp³-hybridized carbons (Fsp3) is 0.818. The maximum Gasteiger partial charge on any atom is 0.219 e. The largest absolute Gasteiger partial charge is 0.425 e. The van der Waals surface area contributed by atoms with E-state index < -0.39 is 0 Å². The highest BCUT2D eigenvalue weighted by Gasteiger charge is 2.21. The van der Waals surface area contributed by atoms with Crippen molar-refractivity contribution in [3.63, 3.8) is 0 Å². The van der Waals surface area contributed by atoms with Crippen molar-refractivity contribution >= 4 is 0 Å². The second-order valence-electron chi connectivity index (χ2n) is 4.02. The third-order valence-electron chi connectivity index (χ3n) is 2.82. The minimum Gasteiger partial charge on any atom is -0.425 e. The normalized spacial score (nSPS) is 17.8. The first-order chi connectivity index (χ1) is 7.90. The molecular weight excluding hydrogens is 206 g/mol. The van der Waals surface area contributed by atoms with Crippen LogP contribution in [0.1, 0.15) is 37.5 Å². The van der Waals surface area contributed by atoms with E-state index in [0.717, 1.165) is 57.3 Å². The van der Waals surface area contributed by atoms with Crippen molar-refractivity contribution in [3.8, 4) is 0 Å². The molecule has 2 rings (SSSR count). The van der Waals surface area contributed by atoms with Crippen molar-refractivity contribution in [2.75, 3.05) is 26.3 Å².